The van der Waals surface area contributed by atoms with Crippen molar-refractivity contribution in [1.29, 1.82) is 0 Å². The maximum absolute atomic E-state index is 13.6. The molecule has 2 N–H and O–H groups in total. The molecular formula is C28H28FN5O3. The summed E-state index contributed by atoms with van der Waals surface area (Å²) < 4.78 is 26.0. The minimum Gasteiger partial charge on any atom is -0.493 e. The molecule has 2 atom stereocenters. The fourth-order valence-electron chi connectivity index (χ4n) is 4.56. The first-order valence-electron chi connectivity index (χ1n) is 12.0. The number of aromatic nitrogens is 3. The second-order valence-electron chi connectivity index (χ2n) is 9.03. The molecule has 3 aromatic carbocycles. The summed E-state index contributed by atoms with van der Waals surface area (Å²) in [6, 6.07) is 19.9. The van der Waals surface area contributed by atoms with Crippen molar-refractivity contribution in [3.05, 3.63) is 94.8 Å². The number of hydrogen-bond acceptors (Lipinski definition) is 6. The molecule has 8 nitrogen and oxygen atoms in total. The monoisotopic (exact) mass is 501 g/mol. The number of rotatable bonds is 7. The summed E-state index contributed by atoms with van der Waals surface area (Å²) in [5.74, 6) is 1.32. The third-order valence-corrected chi connectivity index (χ3v) is 6.49. The molecule has 37 heavy (non-hydrogen) atoms. The van der Waals surface area contributed by atoms with Crippen LogP contribution < -0.4 is 20.1 Å². The number of methoxy groups -OCH3 is 2. The van der Waals surface area contributed by atoms with Gasteiger partial charge in [-0.3, -0.25) is 10.1 Å². The molecule has 0 unspecified atom stereocenters. The van der Waals surface area contributed by atoms with Crippen molar-refractivity contribution in [2.75, 3.05) is 24.9 Å². The molecule has 0 spiro atoms. The van der Waals surface area contributed by atoms with Gasteiger partial charge in [-0.05, 0) is 54.3 Å². The molecule has 1 aliphatic rings. The van der Waals surface area contributed by atoms with Crippen LogP contribution in [0.1, 0.15) is 40.8 Å². The van der Waals surface area contributed by atoms with Crippen LogP contribution in [0.25, 0.3) is 0 Å². The van der Waals surface area contributed by atoms with Crippen LogP contribution in [0.2, 0.25) is 0 Å². The van der Waals surface area contributed by atoms with E-state index in [-0.39, 0.29) is 36.2 Å². The number of aryl methyl sites for hydroxylation is 1. The minimum absolute atomic E-state index is 0.0253. The molecule has 0 radical (unpaired) electrons. The van der Waals surface area contributed by atoms with E-state index in [9.17, 15) is 9.18 Å². The topological polar surface area (TPSA) is 90.3 Å². The minimum atomic E-state index is -0.297. The molecule has 190 valence electrons. The number of nitrogens with zero attached hydrogens (tertiary/aromatic N) is 3. The van der Waals surface area contributed by atoms with E-state index in [0.29, 0.717) is 23.9 Å². The van der Waals surface area contributed by atoms with Gasteiger partial charge < -0.3 is 14.8 Å². The smallest absolute Gasteiger partial charge is 0.250 e. The fourth-order valence-corrected chi connectivity index (χ4v) is 4.56. The van der Waals surface area contributed by atoms with Crippen molar-refractivity contribution in [2.24, 2.45) is 0 Å². The molecule has 1 aromatic heterocycles. The maximum atomic E-state index is 13.6. The van der Waals surface area contributed by atoms with Crippen molar-refractivity contribution in [3.63, 3.8) is 0 Å². The summed E-state index contributed by atoms with van der Waals surface area (Å²) in [5, 5.41) is 10.8. The maximum Gasteiger partial charge on any atom is 0.250 e. The first-order chi connectivity index (χ1) is 17.9. The molecule has 0 saturated heterocycles. The molecule has 0 aliphatic carbocycles. The summed E-state index contributed by atoms with van der Waals surface area (Å²) >= 11 is 0. The van der Waals surface area contributed by atoms with Crippen LogP contribution >= 0.6 is 0 Å². The van der Waals surface area contributed by atoms with Crippen LogP contribution in [-0.2, 0) is 11.2 Å². The number of hydrogen-bond donors (Lipinski definition) is 2. The van der Waals surface area contributed by atoms with E-state index in [1.54, 1.807) is 43.2 Å². The standard InChI is InChI=1S/C28H28FN5O3/c1-17-4-7-19(8-5-17)22-16-23(20-9-11-21(29)12-10-20)34-28(30-22)32-27(33-34)31-26(35)15-18-6-13-24(36-2)25(14-18)37-3/h4-14,22-23H,15-16H2,1-3H3,(H2,30,31,32,33,35)/t22-,23-/m1/s1. The van der Waals surface area contributed by atoms with Gasteiger partial charge in [-0.1, -0.05) is 48.0 Å². The van der Waals surface area contributed by atoms with Crippen LogP contribution in [0, 0.1) is 12.7 Å². The van der Waals surface area contributed by atoms with Crippen LogP contribution in [0.3, 0.4) is 0 Å². The van der Waals surface area contributed by atoms with Gasteiger partial charge in [0.25, 0.3) is 5.95 Å². The summed E-state index contributed by atoms with van der Waals surface area (Å²) in [4.78, 5) is 17.4. The third kappa shape index (κ3) is 5.25. The Balaban J connectivity index is 1.39. The summed E-state index contributed by atoms with van der Waals surface area (Å²) in [6.07, 6.45) is 0.801. The average molecular weight is 502 g/mol. The summed E-state index contributed by atoms with van der Waals surface area (Å²) in [5.41, 5.74) is 3.97. The number of fused-ring (bicyclic) bond motifs is 1. The van der Waals surface area contributed by atoms with E-state index >= 15 is 0 Å². The summed E-state index contributed by atoms with van der Waals surface area (Å²) in [7, 11) is 3.11. The quantitative estimate of drug-likeness (QED) is 0.368. The highest BCUT2D eigenvalue weighted by Crippen LogP contribution is 2.38. The summed E-state index contributed by atoms with van der Waals surface area (Å²) in [6.45, 7) is 2.05. The van der Waals surface area contributed by atoms with Crippen LogP contribution in [-0.4, -0.2) is 34.9 Å². The van der Waals surface area contributed by atoms with Crippen LogP contribution in [0.4, 0.5) is 16.3 Å². The molecule has 1 aliphatic heterocycles. The van der Waals surface area contributed by atoms with Gasteiger partial charge in [-0.15, -0.1) is 5.10 Å². The van der Waals surface area contributed by atoms with Gasteiger partial charge in [-0.25, -0.2) is 9.07 Å². The molecule has 4 aromatic rings. The van der Waals surface area contributed by atoms with Crippen molar-refractivity contribution < 1.29 is 18.7 Å². The number of ether oxygens (including phenoxy) is 2. The Morgan fingerprint density at radius 3 is 2.43 bits per heavy atom. The lowest BCUT2D eigenvalue weighted by Gasteiger charge is -2.31. The van der Waals surface area contributed by atoms with Gasteiger partial charge in [-0.2, -0.15) is 4.98 Å². The van der Waals surface area contributed by atoms with E-state index in [4.69, 9.17) is 9.47 Å². The van der Waals surface area contributed by atoms with E-state index in [2.05, 4.69) is 45.0 Å². The van der Waals surface area contributed by atoms with Gasteiger partial charge in [0.2, 0.25) is 11.9 Å². The second-order valence-corrected chi connectivity index (χ2v) is 9.03. The Morgan fingerprint density at radius 1 is 1.03 bits per heavy atom. The largest absolute Gasteiger partial charge is 0.493 e. The molecule has 0 fully saturated rings. The lowest BCUT2D eigenvalue weighted by Crippen LogP contribution is -2.28. The molecular weight excluding hydrogens is 473 g/mol. The predicted octanol–water partition coefficient (Wildman–Crippen LogP) is 5.07. The Kier molecular flexibility index (Phi) is 6.76. The molecule has 1 amide bonds. The third-order valence-electron chi connectivity index (χ3n) is 6.49. The Hall–Kier alpha value is -4.40. The predicted molar refractivity (Wildman–Crippen MR) is 139 cm³/mol. The number of halogens is 1. The van der Waals surface area contributed by atoms with Crippen molar-refractivity contribution in [3.8, 4) is 11.5 Å². The second kappa shape index (κ2) is 10.3. The number of benzene rings is 3. The van der Waals surface area contributed by atoms with E-state index in [0.717, 1.165) is 16.7 Å². The SMILES string of the molecule is COc1ccc(CC(=O)Nc2nc3n(n2)[C@@H](c2ccc(F)cc2)C[C@H](c2ccc(C)cc2)N3)cc1OC. The Bertz CT molecular complexity index is 1400. The van der Waals surface area contributed by atoms with Gasteiger partial charge in [0.05, 0.1) is 32.7 Å². The number of carbonyl (C=O) groups is 1. The van der Waals surface area contributed by atoms with Crippen molar-refractivity contribution in [2.45, 2.75) is 31.8 Å². The lowest BCUT2D eigenvalue weighted by molar-refractivity contribution is -0.115. The van der Waals surface area contributed by atoms with Crippen molar-refractivity contribution in [1.82, 2.24) is 14.8 Å². The zero-order chi connectivity index (χ0) is 25.9. The van der Waals surface area contributed by atoms with Gasteiger partial charge in [0.1, 0.15) is 5.82 Å². The van der Waals surface area contributed by atoms with Gasteiger partial charge in [0, 0.05) is 0 Å². The Morgan fingerprint density at radius 2 is 1.73 bits per heavy atom. The lowest BCUT2D eigenvalue weighted by atomic mass is 9.93. The molecule has 0 bridgehead atoms. The van der Waals surface area contributed by atoms with E-state index < -0.39 is 0 Å². The highest BCUT2D eigenvalue weighted by Gasteiger charge is 2.31. The van der Waals surface area contributed by atoms with E-state index in [1.807, 2.05) is 13.0 Å². The highest BCUT2D eigenvalue weighted by molar-refractivity contribution is 5.90. The number of amides is 1. The molecule has 9 heteroatoms. The molecule has 0 saturated carbocycles. The fraction of sp³-hybridized carbons (Fsp3) is 0.250. The van der Waals surface area contributed by atoms with Gasteiger partial charge >= 0.3 is 0 Å². The molecule has 5 rings (SSSR count). The van der Waals surface area contributed by atoms with Gasteiger partial charge in [0.15, 0.2) is 11.5 Å². The van der Waals surface area contributed by atoms with E-state index in [1.165, 1.54) is 17.7 Å². The highest BCUT2D eigenvalue weighted by atomic mass is 19.1. The first kappa shape index (κ1) is 24.3. The Labute approximate surface area is 214 Å². The zero-order valence-corrected chi connectivity index (χ0v) is 20.9. The zero-order valence-electron chi connectivity index (χ0n) is 20.9. The average Bonchev–Trinajstić information content (AvgIpc) is 3.31. The van der Waals surface area contributed by atoms with Crippen molar-refractivity contribution >= 4 is 17.8 Å². The number of nitrogens with one attached hydrogen (secondary N) is 2. The number of carbonyl (C=O) groups excluding carboxylic acids is 1. The number of anilines is 2. The van der Waals surface area contributed by atoms with Crippen LogP contribution in [0.5, 0.6) is 11.5 Å². The first-order valence-corrected chi connectivity index (χ1v) is 12.0. The molecule has 2 heterocycles. The normalized spacial score (nSPS) is 16.4. The van der Waals surface area contributed by atoms with Crippen LogP contribution in [0.15, 0.2) is 66.7 Å².